The standard InChI is InChI=1S/C11H8Cl2N6/c1-18-16-11(15-17-18)9-6-14-19(10(9)13)8-4-2-3-7(12)5-8/h2-6H,1H3. The third kappa shape index (κ3) is 2.20. The molecule has 0 aliphatic heterocycles. The lowest BCUT2D eigenvalue weighted by molar-refractivity contribution is 0.630. The highest BCUT2D eigenvalue weighted by Crippen LogP contribution is 2.27. The number of halogens is 2. The summed E-state index contributed by atoms with van der Waals surface area (Å²) in [4.78, 5) is 1.36. The zero-order valence-electron chi connectivity index (χ0n) is 9.83. The number of tetrazole rings is 1. The number of benzene rings is 1. The maximum atomic E-state index is 6.30. The number of hydrogen-bond donors (Lipinski definition) is 0. The molecule has 3 rings (SSSR count). The molecule has 0 unspecified atom stereocenters. The highest BCUT2D eigenvalue weighted by Gasteiger charge is 2.15. The lowest BCUT2D eigenvalue weighted by Crippen LogP contribution is -1.96. The Kier molecular flexibility index (Phi) is 2.96. The SMILES string of the molecule is Cn1nnc(-c2cnn(-c3cccc(Cl)c3)c2Cl)n1. The molecule has 0 radical (unpaired) electrons. The van der Waals surface area contributed by atoms with Gasteiger partial charge in [0.25, 0.3) is 0 Å². The minimum atomic E-state index is 0.412. The van der Waals surface area contributed by atoms with Crippen molar-refractivity contribution < 1.29 is 0 Å². The van der Waals surface area contributed by atoms with E-state index in [1.165, 1.54) is 4.80 Å². The third-order valence-corrected chi connectivity index (χ3v) is 3.11. The molecule has 8 heteroatoms. The van der Waals surface area contributed by atoms with Crippen molar-refractivity contribution in [3.8, 4) is 17.1 Å². The maximum absolute atomic E-state index is 6.30. The maximum Gasteiger partial charge on any atom is 0.209 e. The summed E-state index contributed by atoms with van der Waals surface area (Å²) in [5.74, 6) is 0.431. The Morgan fingerprint density at radius 2 is 2.05 bits per heavy atom. The zero-order chi connectivity index (χ0) is 13.4. The number of nitrogens with zero attached hydrogens (tertiary/aromatic N) is 6. The van der Waals surface area contributed by atoms with Crippen molar-refractivity contribution in [2.75, 3.05) is 0 Å². The summed E-state index contributed by atoms with van der Waals surface area (Å²) in [6.45, 7) is 0. The van der Waals surface area contributed by atoms with Crippen LogP contribution in [0.4, 0.5) is 0 Å². The minimum absolute atomic E-state index is 0.412. The first-order chi connectivity index (χ1) is 9.15. The average molecular weight is 295 g/mol. The predicted molar refractivity (Wildman–Crippen MR) is 71.4 cm³/mol. The number of aromatic nitrogens is 6. The van der Waals surface area contributed by atoms with E-state index in [0.717, 1.165) is 5.69 Å². The molecule has 0 aliphatic carbocycles. The minimum Gasteiger partial charge on any atom is -0.221 e. The van der Waals surface area contributed by atoms with Gasteiger partial charge >= 0.3 is 0 Å². The molecule has 2 aromatic heterocycles. The molecular formula is C11H8Cl2N6. The van der Waals surface area contributed by atoms with Crippen molar-refractivity contribution >= 4 is 23.2 Å². The molecule has 6 nitrogen and oxygen atoms in total. The Morgan fingerprint density at radius 3 is 2.74 bits per heavy atom. The van der Waals surface area contributed by atoms with Gasteiger partial charge in [-0.2, -0.15) is 9.90 Å². The number of rotatable bonds is 2. The van der Waals surface area contributed by atoms with E-state index in [2.05, 4.69) is 20.5 Å². The third-order valence-electron chi connectivity index (χ3n) is 2.51. The van der Waals surface area contributed by atoms with Crippen LogP contribution in [-0.4, -0.2) is 30.0 Å². The predicted octanol–water partition coefficient (Wildman–Crippen LogP) is 2.37. The topological polar surface area (TPSA) is 61.4 Å². The summed E-state index contributed by atoms with van der Waals surface area (Å²) in [6, 6.07) is 7.25. The summed E-state index contributed by atoms with van der Waals surface area (Å²) in [5.41, 5.74) is 1.39. The fourth-order valence-electron chi connectivity index (χ4n) is 1.66. The van der Waals surface area contributed by atoms with Gasteiger partial charge in [-0.05, 0) is 23.4 Å². The van der Waals surface area contributed by atoms with Crippen LogP contribution < -0.4 is 0 Å². The van der Waals surface area contributed by atoms with Crippen molar-refractivity contribution in [3.05, 3.63) is 40.6 Å². The van der Waals surface area contributed by atoms with Gasteiger partial charge in [0.05, 0.1) is 24.5 Å². The Bertz CT molecular complexity index is 732. The van der Waals surface area contributed by atoms with Crippen LogP contribution in [-0.2, 0) is 7.05 Å². The second kappa shape index (κ2) is 4.64. The highest BCUT2D eigenvalue weighted by atomic mass is 35.5. The fraction of sp³-hybridized carbons (Fsp3) is 0.0909. The zero-order valence-corrected chi connectivity index (χ0v) is 11.3. The van der Waals surface area contributed by atoms with Crippen LogP contribution in [0.15, 0.2) is 30.5 Å². The van der Waals surface area contributed by atoms with Gasteiger partial charge in [-0.1, -0.05) is 29.3 Å². The van der Waals surface area contributed by atoms with Gasteiger partial charge in [-0.25, -0.2) is 4.68 Å². The first kappa shape index (κ1) is 12.1. The molecule has 1 aromatic carbocycles. The Hall–Kier alpha value is -1.92. The Balaban J connectivity index is 2.08. The summed E-state index contributed by atoms with van der Waals surface area (Å²) in [5, 5.41) is 17.0. The average Bonchev–Trinajstić information content (AvgIpc) is 2.95. The first-order valence-electron chi connectivity index (χ1n) is 5.39. The molecule has 2 heterocycles. The molecule has 3 aromatic rings. The largest absolute Gasteiger partial charge is 0.221 e. The van der Waals surface area contributed by atoms with Gasteiger partial charge in [0.15, 0.2) is 0 Å². The van der Waals surface area contributed by atoms with Crippen molar-refractivity contribution in [2.24, 2.45) is 7.05 Å². The lowest BCUT2D eigenvalue weighted by Gasteiger charge is -2.03. The number of aryl methyl sites for hydroxylation is 1. The van der Waals surface area contributed by atoms with Gasteiger partial charge in [-0.15, -0.1) is 10.2 Å². The van der Waals surface area contributed by atoms with Crippen molar-refractivity contribution in [1.29, 1.82) is 0 Å². The lowest BCUT2D eigenvalue weighted by atomic mass is 10.3. The van der Waals surface area contributed by atoms with Crippen LogP contribution in [0, 0.1) is 0 Å². The van der Waals surface area contributed by atoms with Crippen LogP contribution in [0.1, 0.15) is 0 Å². The van der Waals surface area contributed by atoms with Crippen LogP contribution in [0.25, 0.3) is 17.1 Å². The summed E-state index contributed by atoms with van der Waals surface area (Å²) < 4.78 is 1.57. The molecule has 0 bridgehead atoms. The molecule has 0 fully saturated rings. The molecule has 0 aliphatic rings. The molecule has 96 valence electrons. The molecule has 0 saturated carbocycles. The monoisotopic (exact) mass is 294 g/mol. The van der Waals surface area contributed by atoms with Crippen molar-refractivity contribution in [2.45, 2.75) is 0 Å². The van der Waals surface area contributed by atoms with E-state index in [1.54, 1.807) is 30.1 Å². The van der Waals surface area contributed by atoms with E-state index < -0.39 is 0 Å². The summed E-state index contributed by atoms with van der Waals surface area (Å²) in [6.07, 6.45) is 1.60. The smallest absolute Gasteiger partial charge is 0.209 e. The van der Waals surface area contributed by atoms with Crippen LogP contribution in [0.3, 0.4) is 0 Å². The van der Waals surface area contributed by atoms with Crippen LogP contribution >= 0.6 is 23.2 Å². The highest BCUT2D eigenvalue weighted by molar-refractivity contribution is 6.32. The van der Waals surface area contributed by atoms with Crippen LogP contribution in [0.5, 0.6) is 0 Å². The van der Waals surface area contributed by atoms with E-state index in [9.17, 15) is 0 Å². The molecule has 0 N–H and O–H groups in total. The molecule has 0 atom stereocenters. The molecular weight excluding hydrogens is 287 g/mol. The van der Waals surface area contributed by atoms with E-state index >= 15 is 0 Å². The van der Waals surface area contributed by atoms with Crippen LogP contribution in [0.2, 0.25) is 10.2 Å². The van der Waals surface area contributed by atoms with Crippen molar-refractivity contribution in [3.63, 3.8) is 0 Å². The molecule has 0 amide bonds. The Morgan fingerprint density at radius 1 is 1.21 bits per heavy atom. The van der Waals surface area contributed by atoms with Gasteiger partial charge in [-0.3, -0.25) is 0 Å². The van der Waals surface area contributed by atoms with E-state index in [1.807, 2.05) is 12.1 Å². The second-order valence-corrected chi connectivity index (χ2v) is 4.64. The number of hydrogen-bond acceptors (Lipinski definition) is 4. The van der Waals surface area contributed by atoms with Crippen molar-refractivity contribution in [1.82, 2.24) is 30.0 Å². The molecule has 19 heavy (non-hydrogen) atoms. The van der Waals surface area contributed by atoms with Gasteiger partial charge < -0.3 is 0 Å². The normalized spacial score (nSPS) is 10.9. The van der Waals surface area contributed by atoms with E-state index in [4.69, 9.17) is 23.2 Å². The fourth-order valence-corrected chi connectivity index (χ4v) is 2.12. The second-order valence-electron chi connectivity index (χ2n) is 3.84. The molecule has 0 spiro atoms. The van der Waals surface area contributed by atoms with Gasteiger partial charge in [0.1, 0.15) is 5.15 Å². The Labute approximate surface area is 118 Å². The van der Waals surface area contributed by atoms with Gasteiger partial charge in [0.2, 0.25) is 5.82 Å². The van der Waals surface area contributed by atoms with E-state index in [-0.39, 0.29) is 0 Å². The van der Waals surface area contributed by atoms with E-state index in [0.29, 0.717) is 21.6 Å². The summed E-state index contributed by atoms with van der Waals surface area (Å²) >= 11 is 12.2. The molecule has 0 saturated heterocycles. The summed E-state index contributed by atoms with van der Waals surface area (Å²) in [7, 11) is 1.69. The van der Waals surface area contributed by atoms with Gasteiger partial charge in [0, 0.05) is 5.02 Å². The first-order valence-corrected chi connectivity index (χ1v) is 6.14. The quantitative estimate of drug-likeness (QED) is 0.728.